The van der Waals surface area contributed by atoms with Crippen molar-refractivity contribution in [3.8, 4) is 0 Å². The van der Waals surface area contributed by atoms with Crippen LogP contribution in [0.1, 0.15) is 12.5 Å². The number of esters is 1. The average Bonchev–Trinajstić information content (AvgIpc) is 2.28. The third kappa shape index (κ3) is 2.60. The highest BCUT2D eigenvalue weighted by atomic mass is 16.5. The Bertz CT molecular complexity index is 503. The summed E-state index contributed by atoms with van der Waals surface area (Å²) in [6.07, 6.45) is 0.768. The number of fused-ring (bicyclic) bond motifs is 1. The van der Waals surface area contributed by atoms with Crippen LogP contribution in [0.3, 0.4) is 0 Å². The first-order valence-corrected chi connectivity index (χ1v) is 5.37. The quantitative estimate of drug-likeness (QED) is 0.734. The van der Waals surface area contributed by atoms with Gasteiger partial charge >= 0.3 is 5.97 Å². The molecule has 0 radical (unpaired) electrons. The van der Waals surface area contributed by atoms with E-state index in [4.69, 9.17) is 4.74 Å². The van der Waals surface area contributed by atoms with Gasteiger partial charge in [0.15, 0.2) is 0 Å². The fraction of sp³-hybridized carbons (Fsp3) is 0.214. The van der Waals surface area contributed by atoms with E-state index < -0.39 is 0 Å². The van der Waals surface area contributed by atoms with Gasteiger partial charge in [-0.05, 0) is 16.3 Å². The molecule has 0 unspecified atom stereocenters. The Hall–Kier alpha value is -1.83. The summed E-state index contributed by atoms with van der Waals surface area (Å²) in [6, 6.07) is 14.5. The average molecular weight is 214 g/mol. The standard InChI is InChI=1S/C14H14O2/c1-11(15)16-9-8-12-6-7-13-4-2-3-5-14(13)10-12/h2-7,10H,8-9H2,1H3. The molecule has 0 aliphatic carbocycles. The Morgan fingerprint density at radius 1 is 1.12 bits per heavy atom. The molecule has 16 heavy (non-hydrogen) atoms. The number of hydrogen-bond acceptors (Lipinski definition) is 2. The zero-order valence-electron chi connectivity index (χ0n) is 9.27. The van der Waals surface area contributed by atoms with E-state index in [1.165, 1.54) is 23.3 Å². The van der Waals surface area contributed by atoms with Crippen molar-refractivity contribution in [1.82, 2.24) is 0 Å². The minimum atomic E-state index is -0.221. The minimum absolute atomic E-state index is 0.221. The van der Waals surface area contributed by atoms with Crippen LogP contribution in [0.2, 0.25) is 0 Å². The van der Waals surface area contributed by atoms with Gasteiger partial charge in [-0.3, -0.25) is 4.79 Å². The molecule has 0 spiro atoms. The number of ether oxygens (including phenoxy) is 1. The summed E-state index contributed by atoms with van der Waals surface area (Å²) in [5.74, 6) is -0.221. The second-order valence-electron chi connectivity index (χ2n) is 3.77. The van der Waals surface area contributed by atoms with E-state index >= 15 is 0 Å². The zero-order valence-corrected chi connectivity index (χ0v) is 9.27. The molecular weight excluding hydrogens is 200 g/mol. The predicted molar refractivity (Wildman–Crippen MR) is 64.3 cm³/mol. The predicted octanol–water partition coefficient (Wildman–Crippen LogP) is 2.95. The van der Waals surface area contributed by atoms with Crippen LogP contribution in [0.4, 0.5) is 0 Å². The van der Waals surface area contributed by atoms with Gasteiger partial charge in [-0.15, -0.1) is 0 Å². The summed E-state index contributed by atoms with van der Waals surface area (Å²) in [5.41, 5.74) is 1.19. The summed E-state index contributed by atoms with van der Waals surface area (Å²) in [7, 11) is 0. The van der Waals surface area contributed by atoms with E-state index in [1.807, 2.05) is 12.1 Å². The third-order valence-electron chi connectivity index (χ3n) is 2.51. The van der Waals surface area contributed by atoms with Crippen LogP contribution >= 0.6 is 0 Å². The highest BCUT2D eigenvalue weighted by molar-refractivity contribution is 5.82. The fourth-order valence-corrected chi connectivity index (χ4v) is 1.71. The van der Waals surface area contributed by atoms with Crippen molar-refractivity contribution in [3.63, 3.8) is 0 Å². The van der Waals surface area contributed by atoms with Gasteiger partial charge in [-0.25, -0.2) is 0 Å². The highest BCUT2D eigenvalue weighted by Crippen LogP contribution is 2.15. The molecule has 0 bridgehead atoms. The van der Waals surface area contributed by atoms with Crippen molar-refractivity contribution < 1.29 is 9.53 Å². The minimum Gasteiger partial charge on any atom is -0.466 e. The summed E-state index contributed by atoms with van der Waals surface area (Å²) in [6.45, 7) is 1.88. The van der Waals surface area contributed by atoms with Crippen molar-refractivity contribution in [2.75, 3.05) is 6.61 Å². The van der Waals surface area contributed by atoms with Gasteiger partial charge in [0.1, 0.15) is 0 Å². The molecule has 2 heteroatoms. The molecule has 82 valence electrons. The normalized spacial score (nSPS) is 10.3. The lowest BCUT2D eigenvalue weighted by Crippen LogP contribution is -2.03. The van der Waals surface area contributed by atoms with Gasteiger partial charge in [-0.1, -0.05) is 42.5 Å². The lowest BCUT2D eigenvalue weighted by Gasteiger charge is -2.04. The molecule has 0 saturated carbocycles. The molecule has 0 amide bonds. The molecule has 2 aromatic rings. The molecule has 0 aliphatic heterocycles. The number of carbonyl (C=O) groups is 1. The Labute approximate surface area is 94.8 Å². The lowest BCUT2D eigenvalue weighted by atomic mass is 10.1. The molecule has 0 N–H and O–H groups in total. The second kappa shape index (κ2) is 4.79. The maximum absolute atomic E-state index is 10.6. The summed E-state index contributed by atoms with van der Waals surface area (Å²) >= 11 is 0. The monoisotopic (exact) mass is 214 g/mol. The van der Waals surface area contributed by atoms with Gasteiger partial charge in [0, 0.05) is 13.3 Å². The van der Waals surface area contributed by atoms with Crippen molar-refractivity contribution >= 4 is 16.7 Å². The van der Waals surface area contributed by atoms with Crippen molar-refractivity contribution in [1.29, 1.82) is 0 Å². The molecule has 2 nitrogen and oxygen atoms in total. The molecule has 0 aromatic heterocycles. The zero-order chi connectivity index (χ0) is 11.4. The molecule has 0 heterocycles. The van der Waals surface area contributed by atoms with Crippen LogP contribution in [0.5, 0.6) is 0 Å². The van der Waals surface area contributed by atoms with Crippen molar-refractivity contribution in [3.05, 3.63) is 48.0 Å². The first kappa shape index (κ1) is 10.7. The van der Waals surface area contributed by atoms with E-state index in [2.05, 4.69) is 30.3 Å². The van der Waals surface area contributed by atoms with Crippen LogP contribution in [-0.2, 0) is 16.0 Å². The Morgan fingerprint density at radius 2 is 1.88 bits per heavy atom. The maximum atomic E-state index is 10.6. The van der Waals surface area contributed by atoms with Crippen LogP contribution in [0, 0.1) is 0 Å². The lowest BCUT2D eigenvalue weighted by molar-refractivity contribution is -0.140. The van der Waals surface area contributed by atoms with Crippen LogP contribution in [0.15, 0.2) is 42.5 Å². The first-order chi connectivity index (χ1) is 7.75. The second-order valence-corrected chi connectivity index (χ2v) is 3.77. The molecular formula is C14H14O2. The Balaban J connectivity index is 2.10. The Morgan fingerprint density at radius 3 is 2.62 bits per heavy atom. The van der Waals surface area contributed by atoms with Crippen molar-refractivity contribution in [2.24, 2.45) is 0 Å². The van der Waals surface area contributed by atoms with Gasteiger partial charge in [0.05, 0.1) is 6.61 Å². The van der Waals surface area contributed by atoms with E-state index in [0.717, 1.165) is 6.42 Å². The summed E-state index contributed by atoms with van der Waals surface area (Å²) in [5, 5.41) is 2.46. The van der Waals surface area contributed by atoms with Gasteiger partial charge in [0.2, 0.25) is 0 Å². The third-order valence-corrected chi connectivity index (χ3v) is 2.51. The van der Waals surface area contributed by atoms with E-state index in [9.17, 15) is 4.79 Å². The van der Waals surface area contributed by atoms with Crippen LogP contribution in [0.25, 0.3) is 10.8 Å². The largest absolute Gasteiger partial charge is 0.466 e. The van der Waals surface area contributed by atoms with Gasteiger partial charge in [-0.2, -0.15) is 0 Å². The topological polar surface area (TPSA) is 26.3 Å². The number of benzene rings is 2. The molecule has 2 aromatic carbocycles. The van der Waals surface area contributed by atoms with E-state index in [1.54, 1.807) is 0 Å². The maximum Gasteiger partial charge on any atom is 0.302 e. The molecule has 2 rings (SSSR count). The fourth-order valence-electron chi connectivity index (χ4n) is 1.71. The van der Waals surface area contributed by atoms with Crippen LogP contribution < -0.4 is 0 Å². The molecule has 0 aliphatic rings. The SMILES string of the molecule is CC(=O)OCCc1ccc2ccccc2c1. The Kier molecular flexibility index (Phi) is 3.20. The molecule has 0 saturated heterocycles. The molecule has 0 atom stereocenters. The number of carbonyl (C=O) groups excluding carboxylic acids is 1. The van der Waals surface area contributed by atoms with Gasteiger partial charge < -0.3 is 4.74 Å². The van der Waals surface area contributed by atoms with Crippen LogP contribution in [-0.4, -0.2) is 12.6 Å². The van der Waals surface area contributed by atoms with E-state index in [0.29, 0.717) is 6.61 Å². The smallest absolute Gasteiger partial charge is 0.302 e. The number of rotatable bonds is 3. The summed E-state index contributed by atoms with van der Waals surface area (Å²) in [4.78, 5) is 10.6. The first-order valence-electron chi connectivity index (χ1n) is 5.37. The number of hydrogen-bond donors (Lipinski definition) is 0. The highest BCUT2D eigenvalue weighted by Gasteiger charge is 1.98. The van der Waals surface area contributed by atoms with Gasteiger partial charge in [0.25, 0.3) is 0 Å². The van der Waals surface area contributed by atoms with Crippen molar-refractivity contribution in [2.45, 2.75) is 13.3 Å². The van der Waals surface area contributed by atoms with E-state index in [-0.39, 0.29) is 5.97 Å². The molecule has 0 fully saturated rings. The summed E-state index contributed by atoms with van der Waals surface area (Å²) < 4.78 is 4.92.